The van der Waals surface area contributed by atoms with Crippen LogP contribution in [0.1, 0.15) is 55.5 Å². The highest BCUT2D eigenvalue weighted by molar-refractivity contribution is 9.10. The molecule has 2 aromatic rings. The Kier molecular flexibility index (Phi) is 5.28. The molecule has 0 saturated carbocycles. The van der Waals surface area contributed by atoms with E-state index >= 15 is 0 Å². The second kappa shape index (κ2) is 6.77. The first-order valence-corrected chi connectivity index (χ1v) is 8.75. The van der Waals surface area contributed by atoms with Gasteiger partial charge < -0.3 is 5.32 Å². The van der Waals surface area contributed by atoms with Crippen molar-refractivity contribution >= 4 is 33.0 Å². The largest absolute Gasteiger partial charge is 0.380 e. The Labute approximate surface area is 134 Å². The van der Waals surface area contributed by atoms with E-state index in [4.69, 9.17) is 0 Å². The Hall–Kier alpha value is -0.800. The Morgan fingerprint density at radius 3 is 2.40 bits per heavy atom. The Morgan fingerprint density at radius 2 is 1.85 bits per heavy atom. The van der Waals surface area contributed by atoms with Crippen LogP contribution < -0.4 is 5.32 Å². The molecule has 3 heteroatoms. The molecule has 1 N–H and O–H groups in total. The zero-order valence-corrected chi connectivity index (χ0v) is 14.9. The van der Waals surface area contributed by atoms with Crippen LogP contribution in [0.2, 0.25) is 0 Å². The molecule has 1 heterocycles. The maximum Gasteiger partial charge on any atom is 0.0494 e. The van der Waals surface area contributed by atoms with Crippen molar-refractivity contribution in [3.05, 3.63) is 50.1 Å². The van der Waals surface area contributed by atoms with E-state index in [1.165, 1.54) is 26.2 Å². The van der Waals surface area contributed by atoms with Gasteiger partial charge in [0.25, 0.3) is 0 Å². The van der Waals surface area contributed by atoms with Crippen molar-refractivity contribution in [2.24, 2.45) is 0 Å². The maximum atomic E-state index is 3.58. The number of thiophene rings is 1. The lowest BCUT2D eigenvalue weighted by atomic mass is 9.94. The van der Waals surface area contributed by atoms with Crippen molar-refractivity contribution in [1.82, 2.24) is 0 Å². The van der Waals surface area contributed by atoms with E-state index < -0.39 is 0 Å². The van der Waals surface area contributed by atoms with Crippen LogP contribution >= 0.6 is 27.3 Å². The van der Waals surface area contributed by atoms with Crippen LogP contribution in [-0.4, -0.2) is 0 Å². The molecule has 1 aromatic carbocycles. The van der Waals surface area contributed by atoms with Gasteiger partial charge in [-0.05, 0) is 51.0 Å². The van der Waals surface area contributed by atoms with Crippen molar-refractivity contribution in [1.29, 1.82) is 0 Å². The number of hydrogen-bond acceptors (Lipinski definition) is 2. The smallest absolute Gasteiger partial charge is 0.0494 e. The standard InChI is InChI=1S/C17H22BrNS/c1-11(2)13-5-6-17(16(7-13)12(3)4)19-9-15-8-14(18)10-20-15/h5-8,10-12,19H,9H2,1-4H3. The Balaban J connectivity index is 2.18. The summed E-state index contributed by atoms with van der Waals surface area (Å²) in [7, 11) is 0. The molecule has 0 radical (unpaired) electrons. The molecule has 0 fully saturated rings. The van der Waals surface area contributed by atoms with Crippen molar-refractivity contribution in [2.45, 2.75) is 46.1 Å². The van der Waals surface area contributed by atoms with Gasteiger partial charge in [-0.1, -0.05) is 39.8 Å². The number of hydrogen-bond donors (Lipinski definition) is 1. The van der Waals surface area contributed by atoms with Gasteiger partial charge in [-0.3, -0.25) is 0 Å². The van der Waals surface area contributed by atoms with Crippen LogP contribution in [0.5, 0.6) is 0 Å². The summed E-state index contributed by atoms with van der Waals surface area (Å²) < 4.78 is 1.17. The molecular formula is C17H22BrNS. The first-order chi connectivity index (χ1) is 9.47. The summed E-state index contributed by atoms with van der Waals surface area (Å²) in [6.45, 7) is 9.89. The quantitative estimate of drug-likeness (QED) is 0.659. The predicted octanol–water partition coefficient (Wildman–Crippen LogP) is 6.37. The lowest BCUT2D eigenvalue weighted by Crippen LogP contribution is -2.03. The third kappa shape index (κ3) is 3.86. The first-order valence-electron chi connectivity index (χ1n) is 7.08. The minimum atomic E-state index is 0.534. The minimum Gasteiger partial charge on any atom is -0.380 e. The summed E-state index contributed by atoms with van der Waals surface area (Å²) in [5.41, 5.74) is 4.08. The lowest BCUT2D eigenvalue weighted by molar-refractivity contribution is 0.833. The highest BCUT2D eigenvalue weighted by Gasteiger charge is 2.10. The molecule has 1 nitrogen and oxygen atoms in total. The van der Waals surface area contributed by atoms with Gasteiger partial charge in [-0.25, -0.2) is 0 Å². The molecular weight excluding hydrogens is 330 g/mol. The van der Waals surface area contributed by atoms with Crippen LogP contribution in [0.3, 0.4) is 0 Å². The number of halogens is 1. The first kappa shape index (κ1) is 15.6. The number of benzene rings is 1. The highest BCUT2D eigenvalue weighted by Crippen LogP contribution is 2.29. The van der Waals surface area contributed by atoms with Crippen molar-refractivity contribution in [2.75, 3.05) is 5.32 Å². The monoisotopic (exact) mass is 351 g/mol. The fourth-order valence-electron chi connectivity index (χ4n) is 2.21. The number of anilines is 1. The number of nitrogens with one attached hydrogen (secondary N) is 1. The molecule has 20 heavy (non-hydrogen) atoms. The highest BCUT2D eigenvalue weighted by atomic mass is 79.9. The molecule has 0 atom stereocenters. The Bertz CT molecular complexity index is 572. The van der Waals surface area contributed by atoms with Crippen molar-refractivity contribution < 1.29 is 0 Å². The molecule has 2 rings (SSSR count). The summed E-state index contributed by atoms with van der Waals surface area (Å²) in [6, 6.07) is 8.99. The third-order valence-corrected chi connectivity index (χ3v) is 5.14. The molecule has 0 saturated heterocycles. The van der Waals surface area contributed by atoms with E-state index in [-0.39, 0.29) is 0 Å². The van der Waals surface area contributed by atoms with Gasteiger partial charge in [0.15, 0.2) is 0 Å². The summed E-state index contributed by atoms with van der Waals surface area (Å²) in [5.74, 6) is 1.11. The molecule has 1 aromatic heterocycles. The SMILES string of the molecule is CC(C)c1ccc(NCc2cc(Br)cs2)c(C(C)C)c1. The fourth-order valence-corrected chi connectivity index (χ4v) is 3.60. The Morgan fingerprint density at radius 1 is 1.10 bits per heavy atom. The molecule has 0 unspecified atom stereocenters. The van der Waals surface area contributed by atoms with Gasteiger partial charge in [-0.15, -0.1) is 11.3 Å². The maximum absolute atomic E-state index is 3.58. The predicted molar refractivity (Wildman–Crippen MR) is 94.0 cm³/mol. The molecule has 0 spiro atoms. The van der Waals surface area contributed by atoms with E-state index in [1.54, 1.807) is 11.3 Å². The zero-order valence-electron chi connectivity index (χ0n) is 12.5. The van der Waals surface area contributed by atoms with E-state index in [0.717, 1.165) is 6.54 Å². The van der Waals surface area contributed by atoms with Gasteiger partial charge in [0.05, 0.1) is 0 Å². The van der Waals surface area contributed by atoms with Crippen LogP contribution in [0, 0.1) is 0 Å². The topological polar surface area (TPSA) is 12.0 Å². The fraction of sp³-hybridized carbons (Fsp3) is 0.412. The molecule has 0 aliphatic rings. The van der Waals surface area contributed by atoms with Crippen LogP contribution in [0.15, 0.2) is 34.1 Å². The second-order valence-corrected chi connectivity index (χ2v) is 7.65. The van der Waals surface area contributed by atoms with Crippen LogP contribution in [-0.2, 0) is 6.54 Å². The molecule has 0 aliphatic carbocycles. The van der Waals surface area contributed by atoms with Crippen molar-refractivity contribution in [3.8, 4) is 0 Å². The van der Waals surface area contributed by atoms with Gasteiger partial charge in [0, 0.05) is 27.0 Å². The van der Waals surface area contributed by atoms with Crippen molar-refractivity contribution in [3.63, 3.8) is 0 Å². The molecule has 0 bridgehead atoms. The summed E-state index contributed by atoms with van der Waals surface area (Å²) in [6.07, 6.45) is 0. The van der Waals surface area contributed by atoms with Gasteiger partial charge >= 0.3 is 0 Å². The van der Waals surface area contributed by atoms with E-state index in [2.05, 4.69) is 78.6 Å². The third-order valence-electron chi connectivity index (χ3n) is 3.44. The van der Waals surface area contributed by atoms with E-state index in [0.29, 0.717) is 11.8 Å². The van der Waals surface area contributed by atoms with Crippen LogP contribution in [0.4, 0.5) is 5.69 Å². The molecule has 108 valence electrons. The number of rotatable bonds is 5. The summed E-state index contributed by atoms with van der Waals surface area (Å²) >= 11 is 5.29. The normalized spacial score (nSPS) is 11.3. The lowest BCUT2D eigenvalue weighted by Gasteiger charge is -2.17. The van der Waals surface area contributed by atoms with E-state index in [1.807, 2.05) is 0 Å². The minimum absolute atomic E-state index is 0.534. The molecule has 0 aliphatic heterocycles. The summed E-state index contributed by atoms with van der Waals surface area (Å²) in [4.78, 5) is 1.35. The average Bonchev–Trinajstić information content (AvgIpc) is 2.81. The van der Waals surface area contributed by atoms with E-state index in [9.17, 15) is 0 Å². The average molecular weight is 352 g/mol. The second-order valence-electron chi connectivity index (χ2n) is 5.74. The van der Waals surface area contributed by atoms with Gasteiger partial charge in [-0.2, -0.15) is 0 Å². The van der Waals surface area contributed by atoms with Gasteiger partial charge in [0.2, 0.25) is 0 Å². The summed E-state index contributed by atoms with van der Waals surface area (Å²) in [5, 5.41) is 5.71. The molecule has 0 amide bonds. The van der Waals surface area contributed by atoms with Crippen LogP contribution in [0.25, 0.3) is 0 Å². The zero-order chi connectivity index (χ0) is 14.7. The van der Waals surface area contributed by atoms with Gasteiger partial charge in [0.1, 0.15) is 0 Å².